The van der Waals surface area contributed by atoms with Crippen molar-refractivity contribution >= 4 is 0 Å². The third-order valence-corrected chi connectivity index (χ3v) is 8.86. The van der Waals surface area contributed by atoms with Crippen LogP contribution >= 0.6 is 0 Å². The number of unbranched alkanes of at least 4 members (excludes halogenated alkanes) is 24. The van der Waals surface area contributed by atoms with Crippen LogP contribution in [0, 0.1) is 0 Å². The van der Waals surface area contributed by atoms with E-state index in [0.717, 1.165) is 25.7 Å². The molecule has 0 rings (SSSR count). The molecule has 0 spiro atoms. The SMILES string of the molecule is CCCCCCCCCCCCCCCC(O)C(N)(C=CCN)C(O)CCCCCCCCCCCCCCC. The number of rotatable bonds is 32. The van der Waals surface area contributed by atoms with Gasteiger partial charge in [0.05, 0.1) is 17.7 Å². The second-order valence-corrected chi connectivity index (χ2v) is 12.7. The first-order chi connectivity index (χ1) is 19.5. The van der Waals surface area contributed by atoms with Gasteiger partial charge in [-0.2, -0.15) is 0 Å². The minimum Gasteiger partial charge on any atom is -0.391 e. The molecule has 0 saturated carbocycles. The van der Waals surface area contributed by atoms with Crippen molar-refractivity contribution in [3.05, 3.63) is 12.2 Å². The number of aliphatic hydroxyl groups excluding tert-OH is 2. The lowest BCUT2D eigenvalue weighted by Gasteiger charge is -2.36. The molecule has 0 aromatic rings. The van der Waals surface area contributed by atoms with E-state index in [4.69, 9.17) is 11.5 Å². The average molecular weight is 567 g/mol. The van der Waals surface area contributed by atoms with Crippen molar-refractivity contribution in [2.75, 3.05) is 6.54 Å². The van der Waals surface area contributed by atoms with E-state index in [1.165, 1.54) is 141 Å². The van der Waals surface area contributed by atoms with E-state index in [1.807, 2.05) is 0 Å². The summed E-state index contributed by atoms with van der Waals surface area (Å²) in [5, 5.41) is 21.9. The zero-order valence-electron chi connectivity index (χ0n) is 27.4. The molecule has 2 atom stereocenters. The normalized spacial score (nSPS) is 15.1. The largest absolute Gasteiger partial charge is 0.391 e. The Morgan fingerprint density at radius 3 is 0.975 bits per heavy atom. The van der Waals surface area contributed by atoms with Crippen LogP contribution in [0.5, 0.6) is 0 Å². The molecule has 0 aliphatic heterocycles. The second-order valence-electron chi connectivity index (χ2n) is 12.7. The molecule has 0 aliphatic rings. The standard InChI is InChI=1S/C36H74N2O2/c1-3-5-7-9-11-13-15-17-19-21-23-25-27-30-34(39)36(38,32-29-33-37)35(40)31-28-26-24-22-20-18-16-14-12-10-8-6-4-2/h29,32,34-35,39-40H,3-28,30-31,33,37-38H2,1-2H3. The number of hydrogen-bond acceptors (Lipinski definition) is 4. The summed E-state index contributed by atoms with van der Waals surface area (Å²) in [6.45, 7) is 4.92. The highest BCUT2D eigenvalue weighted by molar-refractivity contribution is 5.13. The van der Waals surface area contributed by atoms with Gasteiger partial charge < -0.3 is 21.7 Å². The lowest BCUT2D eigenvalue weighted by molar-refractivity contribution is 0.00502. The molecule has 0 heterocycles. The van der Waals surface area contributed by atoms with Gasteiger partial charge in [-0.25, -0.2) is 0 Å². The van der Waals surface area contributed by atoms with Gasteiger partial charge in [0.2, 0.25) is 0 Å². The number of nitrogens with two attached hydrogens (primary N) is 2. The van der Waals surface area contributed by atoms with Crippen molar-refractivity contribution < 1.29 is 10.2 Å². The fourth-order valence-electron chi connectivity index (χ4n) is 5.93. The highest BCUT2D eigenvalue weighted by Gasteiger charge is 2.37. The van der Waals surface area contributed by atoms with Crippen LogP contribution in [0.2, 0.25) is 0 Å². The van der Waals surface area contributed by atoms with E-state index in [-0.39, 0.29) is 0 Å². The maximum absolute atomic E-state index is 11.0. The monoisotopic (exact) mass is 567 g/mol. The average Bonchev–Trinajstić information content (AvgIpc) is 2.96. The van der Waals surface area contributed by atoms with E-state index in [2.05, 4.69) is 13.8 Å². The second kappa shape index (κ2) is 30.1. The summed E-state index contributed by atoms with van der Waals surface area (Å²) < 4.78 is 0. The van der Waals surface area contributed by atoms with Crippen LogP contribution < -0.4 is 11.5 Å². The quantitative estimate of drug-likeness (QED) is 0.0481. The molecule has 0 aliphatic carbocycles. The summed E-state index contributed by atoms with van der Waals surface area (Å²) in [5.41, 5.74) is 11.2. The first-order valence-corrected chi connectivity index (χ1v) is 18.1. The molecule has 0 aromatic carbocycles. The minimum absolute atomic E-state index is 0.371. The van der Waals surface area contributed by atoms with Crippen LogP contribution in [0.15, 0.2) is 12.2 Å². The summed E-state index contributed by atoms with van der Waals surface area (Å²) in [7, 11) is 0. The topological polar surface area (TPSA) is 92.5 Å². The maximum Gasteiger partial charge on any atom is 0.0866 e. The molecule has 6 N–H and O–H groups in total. The maximum atomic E-state index is 11.0. The summed E-state index contributed by atoms with van der Waals surface area (Å²) in [5.74, 6) is 0. The van der Waals surface area contributed by atoms with Crippen molar-refractivity contribution in [2.45, 2.75) is 211 Å². The summed E-state index contributed by atoms with van der Waals surface area (Å²) in [6, 6.07) is 0. The van der Waals surface area contributed by atoms with Gasteiger partial charge >= 0.3 is 0 Å². The smallest absolute Gasteiger partial charge is 0.0866 e. The van der Waals surface area contributed by atoms with Crippen molar-refractivity contribution in [1.82, 2.24) is 0 Å². The van der Waals surface area contributed by atoms with Gasteiger partial charge in [-0.05, 0) is 12.8 Å². The molecule has 0 aromatic heterocycles. The van der Waals surface area contributed by atoms with Crippen LogP contribution in [-0.4, -0.2) is 34.5 Å². The van der Waals surface area contributed by atoms with Crippen LogP contribution in [0.3, 0.4) is 0 Å². The molecule has 0 radical (unpaired) electrons. The van der Waals surface area contributed by atoms with E-state index in [0.29, 0.717) is 19.4 Å². The molecule has 0 amide bonds. The first kappa shape index (κ1) is 39.6. The van der Waals surface area contributed by atoms with E-state index < -0.39 is 17.7 Å². The van der Waals surface area contributed by atoms with Gasteiger partial charge in [0.25, 0.3) is 0 Å². The zero-order valence-corrected chi connectivity index (χ0v) is 27.4. The number of aliphatic hydroxyl groups is 2. The Bertz CT molecular complexity index is 489. The molecule has 4 nitrogen and oxygen atoms in total. The first-order valence-electron chi connectivity index (χ1n) is 18.1. The number of hydrogen-bond donors (Lipinski definition) is 4. The fraction of sp³-hybridized carbons (Fsp3) is 0.944. The molecular formula is C36H74N2O2. The van der Waals surface area contributed by atoms with E-state index in [1.54, 1.807) is 12.2 Å². The van der Waals surface area contributed by atoms with Gasteiger partial charge in [-0.1, -0.05) is 193 Å². The molecule has 0 saturated heterocycles. The van der Waals surface area contributed by atoms with Crippen LogP contribution in [0.4, 0.5) is 0 Å². The lowest BCUT2D eigenvalue weighted by atomic mass is 9.81. The summed E-state index contributed by atoms with van der Waals surface area (Å²) >= 11 is 0. The van der Waals surface area contributed by atoms with Crippen molar-refractivity contribution in [2.24, 2.45) is 11.5 Å². The molecular weight excluding hydrogens is 492 g/mol. The molecule has 0 bridgehead atoms. The van der Waals surface area contributed by atoms with Crippen LogP contribution in [0.1, 0.15) is 194 Å². The predicted molar refractivity (Wildman–Crippen MR) is 178 cm³/mol. The Balaban J connectivity index is 3.96. The van der Waals surface area contributed by atoms with Gasteiger partial charge in [0, 0.05) is 6.54 Å². The minimum atomic E-state index is -1.10. The Hall–Kier alpha value is -0.420. The summed E-state index contributed by atoms with van der Waals surface area (Å²) in [6.07, 6.45) is 37.4. The lowest BCUT2D eigenvalue weighted by Crippen LogP contribution is -2.58. The molecule has 2 unspecified atom stereocenters. The Labute approximate surface area is 251 Å². The molecule has 240 valence electrons. The van der Waals surface area contributed by atoms with Gasteiger partial charge in [-0.3, -0.25) is 0 Å². The Kier molecular flexibility index (Phi) is 29.7. The van der Waals surface area contributed by atoms with Gasteiger partial charge in [0.1, 0.15) is 0 Å². The highest BCUT2D eigenvalue weighted by atomic mass is 16.3. The van der Waals surface area contributed by atoms with Gasteiger partial charge in [-0.15, -0.1) is 0 Å². The zero-order chi connectivity index (χ0) is 29.6. The Morgan fingerprint density at radius 2 is 0.725 bits per heavy atom. The van der Waals surface area contributed by atoms with Crippen molar-refractivity contribution in [1.29, 1.82) is 0 Å². The highest BCUT2D eigenvalue weighted by Crippen LogP contribution is 2.24. The molecule has 40 heavy (non-hydrogen) atoms. The fourth-order valence-corrected chi connectivity index (χ4v) is 5.93. The predicted octanol–water partition coefficient (Wildman–Crippen LogP) is 9.88. The van der Waals surface area contributed by atoms with Crippen LogP contribution in [0.25, 0.3) is 0 Å². The van der Waals surface area contributed by atoms with Crippen molar-refractivity contribution in [3.8, 4) is 0 Å². The summed E-state index contributed by atoms with van der Waals surface area (Å²) in [4.78, 5) is 0. The third kappa shape index (κ3) is 23.2. The van der Waals surface area contributed by atoms with Crippen molar-refractivity contribution in [3.63, 3.8) is 0 Å². The molecule has 4 heteroatoms. The third-order valence-electron chi connectivity index (χ3n) is 8.86. The molecule has 0 fully saturated rings. The van der Waals surface area contributed by atoms with Crippen LogP contribution in [-0.2, 0) is 0 Å². The van der Waals surface area contributed by atoms with E-state index in [9.17, 15) is 10.2 Å². The van der Waals surface area contributed by atoms with E-state index >= 15 is 0 Å². The Morgan fingerprint density at radius 1 is 0.475 bits per heavy atom. The van der Waals surface area contributed by atoms with Gasteiger partial charge in [0.15, 0.2) is 0 Å².